The van der Waals surface area contributed by atoms with Gasteiger partial charge in [-0.3, -0.25) is 0 Å². The molecule has 0 unspecified atom stereocenters. The third-order valence-corrected chi connectivity index (χ3v) is 10.6. The number of nitrogens with two attached hydrogens (primary N) is 1. The third kappa shape index (κ3) is 4.09. The normalized spacial score (nSPS) is 13.3. The smallest absolute Gasteiger partial charge is 0.416 e. The molecule has 0 aliphatic heterocycles. The highest BCUT2D eigenvalue weighted by Crippen LogP contribution is 2.44. The van der Waals surface area contributed by atoms with Crippen LogP contribution in [0.2, 0.25) is 16.6 Å². The van der Waals surface area contributed by atoms with Crippen LogP contribution in [0.3, 0.4) is 0 Å². The van der Waals surface area contributed by atoms with Crippen LogP contribution < -0.4 is 10.2 Å². The lowest BCUT2D eigenvalue weighted by Crippen LogP contribution is -2.50. The van der Waals surface area contributed by atoms with E-state index in [0.29, 0.717) is 27.9 Å². The van der Waals surface area contributed by atoms with E-state index in [0.717, 1.165) is 12.1 Å². The van der Waals surface area contributed by atoms with Gasteiger partial charge >= 0.3 is 6.18 Å². The van der Waals surface area contributed by atoms with E-state index in [-0.39, 0.29) is 6.54 Å². The van der Waals surface area contributed by atoms with Gasteiger partial charge in [0.2, 0.25) is 0 Å². The fraction of sp³-hybridized carbons (Fsp3) is 0.647. The summed E-state index contributed by atoms with van der Waals surface area (Å²) in [5.41, 5.74) is 6.44. The lowest BCUT2D eigenvalue weighted by atomic mass is 10.1. The van der Waals surface area contributed by atoms with E-state index in [1.165, 1.54) is 6.07 Å². The third-order valence-electron chi connectivity index (χ3n) is 4.60. The molecule has 0 bridgehead atoms. The van der Waals surface area contributed by atoms with Gasteiger partial charge in [0.15, 0.2) is 0 Å². The summed E-state index contributed by atoms with van der Waals surface area (Å²) in [4.78, 5) is 0. The van der Waals surface area contributed by atoms with Crippen molar-refractivity contribution in [1.29, 1.82) is 0 Å². The molecule has 0 aliphatic carbocycles. The summed E-state index contributed by atoms with van der Waals surface area (Å²) in [6, 6.07) is 3.62. The molecule has 1 aromatic carbocycles. The van der Waals surface area contributed by atoms with E-state index in [1.54, 1.807) is 0 Å². The first-order valence-electron chi connectivity index (χ1n) is 8.06. The molecular weight excluding hydrogens is 319 g/mol. The SMILES string of the molecule is CC(C)[Si](Oc1ccc(C(F)(F)F)cc1CN)(C(C)C)C(C)C. The van der Waals surface area contributed by atoms with Crippen LogP contribution in [0.1, 0.15) is 52.7 Å². The Kier molecular flexibility index (Phi) is 6.32. The molecule has 0 heterocycles. The van der Waals surface area contributed by atoms with Gasteiger partial charge in [0, 0.05) is 12.1 Å². The minimum atomic E-state index is -4.37. The lowest BCUT2D eigenvalue weighted by Gasteiger charge is -2.42. The number of alkyl halides is 3. The second-order valence-corrected chi connectivity index (χ2v) is 12.3. The van der Waals surface area contributed by atoms with Gasteiger partial charge in [-0.05, 0) is 34.8 Å². The number of rotatable bonds is 6. The Morgan fingerprint density at radius 1 is 1.00 bits per heavy atom. The van der Waals surface area contributed by atoms with Crippen LogP contribution in [-0.2, 0) is 12.7 Å². The molecule has 6 heteroatoms. The van der Waals surface area contributed by atoms with E-state index in [1.807, 2.05) is 0 Å². The maximum atomic E-state index is 12.9. The summed E-state index contributed by atoms with van der Waals surface area (Å²) in [6.07, 6.45) is -4.37. The molecular formula is C17H28F3NOSi. The lowest BCUT2D eigenvalue weighted by molar-refractivity contribution is -0.137. The zero-order valence-electron chi connectivity index (χ0n) is 14.8. The largest absolute Gasteiger partial charge is 0.542 e. The van der Waals surface area contributed by atoms with Gasteiger partial charge in [0.05, 0.1) is 5.56 Å². The van der Waals surface area contributed by atoms with Crippen molar-refractivity contribution in [3.8, 4) is 5.75 Å². The molecule has 2 nitrogen and oxygen atoms in total. The first kappa shape index (κ1) is 20.0. The van der Waals surface area contributed by atoms with Crippen LogP contribution >= 0.6 is 0 Å². The van der Waals surface area contributed by atoms with Crippen LogP contribution in [-0.4, -0.2) is 8.32 Å². The predicted octanol–water partition coefficient (Wildman–Crippen LogP) is 5.72. The summed E-state index contributed by atoms with van der Waals surface area (Å²) in [5, 5.41) is 0. The van der Waals surface area contributed by atoms with Crippen molar-refractivity contribution in [2.45, 2.75) is 70.9 Å². The summed E-state index contributed by atoms with van der Waals surface area (Å²) >= 11 is 0. The van der Waals surface area contributed by atoms with Crippen molar-refractivity contribution >= 4 is 8.32 Å². The Bertz CT molecular complexity index is 505. The summed E-state index contributed by atoms with van der Waals surface area (Å²) in [6.45, 7) is 12.8. The van der Waals surface area contributed by atoms with E-state index in [9.17, 15) is 13.2 Å². The van der Waals surface area contributed by atoms with E-state index in [4.69, 9.17) is 10.2 Å². The Labute approximate surface area is 138 Å². The molecule has 0 saturated heterocycles. The molecule has 1 rings (SSSR count). The van der Waals surface area contributed by atoms with Gasteiger partial charge in [-0.2, -0.15) is 13.2 Å². The van der Waals surface area contributed by atoms with Crippen molar-refractivity contribution in [3.63, 3.8) is 0 Å². The molecule has 0 radical (unpaired) electrons. The Hall–Kier alpha value is -1.01. The van der Waals surface area contributed by atoms with Crippen LogP contribution in [0.5, 0.6) is 5.75 Å². The number of hydrogen-bond acceptors (Lipinski definition) is 2. The van der Waals surface area contributed by atoms with Crippen molar-refractivity contribution in [1.82, 2.24) is 0 Å². The fourth-order valence-electron chi connectivity index (χ4n) is 3.56. The number of hydrogen-bond donors (Lipinski definition) is 1. The molecule has 0 fully saturated rings. The zero-order valence-corrected chi connectivity index (χ0v) is 15.8. The molecule has 1 aromatic rings. The maximum absolute atomic E-state index is 12.9. The van der Waals surface area contributed by atoms with Crippen LogP contribution in [0, 0.1) is 0 Å². The molecule has 0 saturated carbocycles. The highest BCUT2D eigenvalue weighted by molar-refractivity contribution is 6.78. The Balaban J connectivity index is 3.35. The first-order chi connectivity index (χ1) is 10.5. The molecule has 0 spiro atoms. The molecule has 132 valence electrons. The number of halogens is 3. The van der Waals surface area contributed by atoms with E-state index >= 15 is 0 Å². The summed E-state index contributed by atoms with van der Waals surface area (Å²) < 4.78 is 45.1. The van der Waals surface area contributed by atoms with Gasteiger partial charge < -0.3 is 10.2 Å². The van der Waals surface area contributed by atoms with Gasteiger partial charge in [-0.25, -0.2) is 0 Å². The minimum Gasteiger partial charge on any atom is -0.542 e. The quantitative estimate of drug-likeness (QED) is 0.668. The minimum absolute atomic E-state index is 0.0258. The second kappa shape index (κ2) is 7.26. The van der Waals surface area contributed by atoms with Crippen LogP contribution in [0.25, 0.3) is 0 Å². The second-order valence-electron chi connectivity index (χ2n) is 6.94. The molecule has 2 N–H and O–H groups in total. The monoisotopic (exact) mass is 347 g/mol. The van der Waals surface area contributed by atoms with Crippen LogP contribution in [0.4, 0.5) is 13.2 Å². The first-order valence-corrected chi connectivity index (χ1v) is 10.2. The number of benzene rings is 1. The van der Waals surface area contributed by atoms with Crippen molar-refractivity contribution in [2.75, 3.05) is 0 Å². The Morgan fingerprint density at radius 2 is 1.48 bits per heavy atom. The van der Waals surface area contributed by atoms with Gasteiger partial charge in [0.25, 0.3) is 8.32 Å². The van der Waals surface area contributed by atoms with Crippen molar-refractivity contribution < 1.29 is 17.6 Å². The highest BCUT2D eigenvalue weighted by atomic mass is 28.4. The average Bonchev–Trinajstić information content (AvgIpc) is 2.42. The standard InChI is InChI=1S/C17H28F3NOSi/c1-11(2)23(12(3)4,13(5)6)22-16-8-7-15(17(18,19)20)9-14(16)10-21/h7-9,11-13H,10,21H2,1-6H3. The van der Waals surface area contributed by atoms with E-state index < -0.39 is 20.1 Å². The zero-order chi connectivity index (χ0) is 18.0. The fourth-order valence-corrected chi connectivity index (χ4v) is 8.85. The molecule has 23 heavy (non-hydrogen) atoms. The van der Waals surface area contributed by atoms with Crippen molar-refractivity contribution in [2.24, 2.45) is 5.73 Å². The molecule has 0 amide bonds. The topological polar surface area (TPSA) is 35.2 Å². The summed E-state index contributed by atoms with van der Waals surface area (Å²) in [7, 11) is -2.22. The predicted molar refractivity (Wildman–Crippen MR) is 91.0 cm³/mol. The molecule has 0 atom stereocenters. The Morgan fingerprint density at radius 3 is 1.83 bits per heavy atom. The maximum Gasteiger partial charge on any atom is 0.416 e. The average molecular weight is 347 g/mol. The highest BCUT2D eigenvalue weighted by Gasteiger charge is 2.47. The van der Waals surface area contributed by atoms with Crippen LogP contribution in [0.15, 0.2) is 18.2 Å². The molecule has 0 aliphatic rings. The van der Waals surface area contributed by atoms with Gasteiger partial charge in [-0.1, -0.05) is 41.5 Å². The molecule has 0 aromatic heterocycles. The van der Waals surface area contributed by atoms with E-state index in [2.05, 4.69) is 41.5 Å². The van der Waals surface area contributed by atoms with Gasteiger partial charge in [-0.15, -0.1) is 0 Å². The summed E-state index contributed by atoms with van der Waals surface area (Å²) in [5.74, 6) is 0.503. The van der Waals surface area contributed by atoms with Crippen molar-refractivity contribution in [3.05, 3.63) is 29.3 Å². The van der Waals surface area contributed by atoms with Gasteiger partial charge in [0.1, 0.15) is 5.75 Å².